The summed E-state index contributed by atoms with van der Waals surface area (Å²) in [6, 6.07) is 7.52. The highest BCUT2D eigenvalue weighted by Crippen LogP contribution is 2.22. The molecule has 0 spiro atoms. The number of aryl methyl sites for hydroxylation is 1. The Kier molecular flexibility index (Phi) is 3.23. The van der Waals surface area contributed by atoms with E-state index in [2.05, 4.69) is 10.3 Å². The molecule has 0 saturated heterocycles. The van der Waals surface area contributed by atoms with Gasteiger partial charge in [0, 0.05) is 12.2 Å². The first kappa shape index (κ1) is 12.8. The molecule has 2 heterocycles. The predicted molar refractivity (Wildman–Crippen MR) is 76.7 cm³/mol. The highest BCUT2D eigenvalue weighted by Gasteiger charge is 2.24. The van der Waals surface area contributed by atoms with Gasteiger partial charge in [-0.3, -0.25) is 9.59 Å². The van der Waals surface area contributed by atoms with Crippen LogP contribution in [0.4, 0.5) is 5.69 Å². The molecule has 0 aliphatic carbocycles. The van der Waals surface area contributed by atoms with Gasteiger partial charge in [0.1, 0.15) is 11.4 Å². The lowest BCUT2D eigenvalue weighted by Crippen LogP contribution is -2.34. The fourth-order valence-corrected chi connectivity index (χ4v) is 2.91. The lowest BCUT2D eigenvalue weighted by Gasteiger charge is -2.18. The Morgan fingerprint density at radius 2 is 2.15 bits per heavy atom. The van der Waals surface area contributed by atoms with E-state index in [0.717, 1.165) is 16.3 Å². The number of carbonyl (C=O) groups excluding carboxylic acids is 2. The molecule has 0 radical (unpaired) electrons. The molecular weight excluding hydrogens is 274 g/mol. The van der Waals surface area contributed by atoms with Crippen molar-refractivity contribution in [2.24, 2.45) is 0 Å². The van der Waals surface area contributed by atoms with Crippen LogP contribution < -0.4 is 5.32 Å². The lowest BCUT2D eigenvalue weighted by atomic mass is 10.1. The SMILES string of the molecule is Cc1ncc(C(=O)N2CC(=O)Nc3ccccc3C2)s1. The molecule has 2 amide bonds. The highest BCUT2D eigenvalue weighted by atomic mass is 32.1. The number of anilines is 1. The van der Waals surface area contributed by atoms with E-state index in [-0.39, 0.29) is 18.4 Å². The monoisotopic (exact) mass is 287 g/mol. The first-order chi connectivity index (χ1) is 9.63. The topological polar surface area (TPSA) is 62.3 Å². The van der Waals surface area contributed by atoms with Gasteiger partial charge in [0.25, 0.3) is 5.91 Å². The number of benzene rings is 1. The summed E-state index contributed by atoms with van der Waals surface area (Å²) in [4.78, 5) is 30.5. The van der Waals surface area contributed by atoms with E-state index < -0.39 is 0 Å². The van der Waals surface area contributed by atoms with Gasteiger partial charge in [0.2, 0.25) is 5.91 Å². The summed E-state index contributed by atoms with van der Waals surface area (Å²) in [6.07, 6.45) is 1.57. The molecule has 0 saturated carbocycles. The van der Waals surface area contributed by atoms with Crippen molar-refractivity contribution in [2.75, 3.05) is 11.9 Å². The minimum Gasteiger partial charge on any atom is -0.324 e. The number of para-hydroxylation sites is 1. The van der Waals surface area contributed by atoms with E-state index in [1.807, 2.05) is 31.2 Å². The molecule has 5 nitrogen and oxygen atoms in total. The maximum Gasteiger partial charge on any atom is 0.266 e. The van der Waals surface area contributed by atoms with Crippen LogP contribution in [0.3, 0.4) is 0 Å². The molecule has 1 N–H and O–H groups in total. The van der Waals surface area contributed by atoms with E-state index in [1.54, 1.807) is 11.1 Å². The average molecular weight is 287 g/mol. The van der Waals surface area contributed by atoms with Gasteiger partial charge in [0.15, 0.2) is 0 Å². The molecular formula is C14H13N3O2S. The molecule has 0 unspecified atom stereocenters. The molecule has 0 fully saturated rings. The van der Waals surface area contributed by atoms with Crippen LogP contribution in [0, 0.1) is 6.92 Å². The Morgan fingerprint density at radius 1 is 1.35 bits per heavy atom. The molecule has 6 heteroatoms. The average Bonchev–Trinajstić information content (AvgIpc) is 2.77. The predicted octanol–water partition coefficient (Wildman–Crippen LogP) is 2.05. The Balaban J connectivity index is 1.91. The first-order valence-electron chi connectivity index (χ1n) is 6.23. The minimum absolute atomic E-state index is 0.0600. The van der Waals surface area contributed by atoms with Crippen molar-refractivity contribution in [1.29, 1.82) is 0 Å². The highest BCUT2D eigenvalue weighted by molar-refractivity contribution is 7.13. The van der Waals surface area contributed by atoms with E-state index >= 15 is 0 Å². The number of nitrogens with one attached hydrogen (secondary N) is 1. The quantitative estimate of drug-likeness (QED) is 0.873. The van der Waals surface area contributed by atoms with Crippen molar-refractivity contribution in [3.63, 3.8) is 0 Å². The smallest absolute Gasteiger partial charge is 0.266 e. The van der Waals surface area contributed by atoms with Gasteiger partial charge < -0.3 is 10.2 Å². The van der Waals surface area contributed by atoms with E-state index in [1.165, 1.54) is 11.3 Å². The van der Waals surface area contributed by atoms with Crippen molar-refractivity contribution in [3.05, 3.63) is 45.9 Å². The Labute approximate surface area is 120 Å². The fraction of sp³-hybridized carbons (Fsp3) is 0.214. The maximum atomic E-state index is 12.4. The Morgan fingerprint density at radius 3 is 2.90 bits per heavy atom. The van der Waals surface area contributed by atoms with Crippen LogP contribution in [0.1, 0.15) is 20.2 Å². The van der Waals surface area contributed by atoms with E-state index in [4.69, 9.17) is 0 Å². The number of hydrogen-bond donors (Lipinski definition) is 1. The van der Waals surface area contributed by atoms with E-state index in [9.17, 15) is 9.59 Å². The van der Waals surface area contributed by atoms with Crippen molar-refractivity contribution >= 4 is 28.8 Å². The van der Waals surface area contributed by atoms with Crippen molar-refractivity contribution in [1.82, 2.24) is 9.88 Å². The van der Waals surface area contributed by atoms with Crippen LogP contribution in [0.15, 0.2) is 30.5 Å². The van der Waals surface area contributed by atoms with Crippen LogP contribution in [0.25, 0.3) is 0 Å². The van der Waals surface area contributed by atoms with Gasteiger partial charge in [-0.05, 0) is 18.6 Å². The van der Waals surface area contributed by atoms with Gasteiger partial charge in [0.05, 0.1) is 11.2 Å². The standard InChI is InChI=1S/C14H13N3O2S/c1-9-15-6-12(20-9)14(19)17-7-10-4-2-3-5-11(10)16-13(18)8-17/h2-6H,7-8H2,1H3,(H,16,18). The zero-order chi connectivity index (χ0) is 14.1. The summed E-state index contributed by atoms with van der Waals surface area (Å²) in [7, 11) is 0. The maximum absolute atomic E-state index is 12.4. The lowest BCUT2D eigenvalue weighted by molar-refractivity contribution is -0.116. The van der Waals surface area contributed by atoms with Gasteiger partial charge in [-0.15, -0.1) is 11.3 Å². The van der Waals surface area contributed by atoms with Crippen LogP contribution in [0.2, 0.25) is 0 Å². The summed E-state index contributed by atoms with van der Waals surface area (Å²) in [6.45, 7) is 2.33. The molecule has 102 valence electrons. The van der Waals surface area contributed by atoms with Crippen LogP contribution in [-0.2, 0) is 11.3 Å². The second-order valence-electron chi connectivity index (χ2n) is 4.61. The third-order valence-corrected chi connectivity index (χ3v) is 4.01. The Hall–Kier alpha value is -2.21. The zero-order valence-corrected chi connectivity index (χ0v) is 11.7. The third kappa shape index (κ3) is 2.42. The zero-order valence-electron chi connectivity index (χ0n) is 10.9. The summed E-state index contributed by atoms with van der Waals surface area (Å²) in [5, 5.41) is 3.66. The largest absolute Gasteiger partial charge is 0.324 e. The number of thiazole rings is 1. The summed E-state index contributed by atoms with van der Waals surface area (Å²) >= 11 is 1.34. The number of aromatic nitrogens is 1. The molecule has 20 heavy (non-hydrogen) atoms. The number of amides is 2. The molecule has 0 atom stereocenters. The van der Waals surface area contributed by atoms with Crippen LogP contribution in [-0.4, -0.2) is 28.2 Å². The summed E-state index contributed by atoms with van der Waals surface area (Å²) in [5.41, 5.74) is 1.71. The molecule has 1 aromatic carbocycles. The molecule has 1 aliphatic heterocycles. The number of rotatable bonds is 1. The number of hydrogen-bond acceptors (Lipinski definition) is 4. The van der Waals surface area contributed by atoms with Crippen molar-refractivity contribution < 1.29 is 9.59 Å². The number of nitrogens with zero attached hydrogens (tertiary/aromatic N) is 2. The second kappa shape index (κ2) is 5.05. The summed E-state index contributed by atoms with van der Waals surface area (Å²) in [5.74, 6) is -0.327. The normalized spacial score (nSPS) is 14.4. The van der Waals surface area contributed by atoms with Crippen molar-refractivity contribution in [2.45, 2.75) is 13.5 Å². The Bertz CT molecular complexity index is 681. The number of carbonyl (C=O) groups is 2. The fourth-order valence-electron chi connectivity index (χ4n) is 2.16. The van der Waals surface area contributed by atoms with E-state index in [0.29, 0.717) is 11.4 Å². The summed E-state index contributed by atoms with van der Waals surface area (Å²) < 4.78 is 0. The molecule has 2 aromatic rings. The molecule has 1 aliphatic rings. The van der Waals surface area contributed by atoms with Crippen LogP contribution in [0.5, 0.6) is 0 Å². The molecule has 3 rings (SSSR count). The van der Waals surface area contributed by atoms with Gasteiger partial charge >= 0.3 is 0 Å². The van der Waals surface area contributed by atoms with Gasteiger partial charge in [-0.1, -0.05) is 18.2 Å². The number of fused-ring (bicyclic) bond motifs is 1. The molecule has 1 aromatic heterocycles. The van der Waals surface area contributed by atoms with Gasteiger partial charge in [-0.2, -0.15) is 0 Å². The van der Waals surface area contributed by atoms with Gasteiger partial charge in [-0.25, -0.2) is 4.98 Å². The minimum atomic E-state index is -0.176. The first-order valence-corrected chi connectivity index (χ1v) is 7.04. The van der Waals surface area contributed by atoms with Crippen LogP contribution >= 0.6 is 11.3 Å². The second-order valence-corrected chi connectivity index (χ2v) is 5.84. The third-order valence-electron chi connectivity index (χ3n) is 3.11. The van der Waals surface area contributed by atoms with Crippen molar-refractivity contribution in [3.8, 4) is 0 Å². The molecule has 0 bridgehead atoms.